The minimum atomic E-state index is -0.147. The number of hydrogen-bond acceptors (Lipinski definition) is 5. The van der Waals surface area contributed by atoms with Crippen LogP contribution in [0, 0.1) is 50.5 Å². The van der Waals surface area contributed by atoms with Gasteiger partial charge in [0.15, 0.2) is 0 Å². The molecule has 1 aromatic carbocycles. The number of benzene rings is 1. The summed E-state index contributed by atoms with van der Waals surface area (Å²) in [6.07, 6.45) is 8.68. The summed E-state index contributed by atoms with van der Waals surface area (Å²) in [5.74, 6) is 2.73. The molecule has 0 amide bonds. The predicted octanol–water partition coefficient (Wildman–Crippen LogP) is 6.55. The van der Waals surface area contributed by atoms with Gasteiger partial charge in [0.05, 0.1) is 5.56 Å². The number of carbonyl (C=O) groups is 1. The van der Waals surface area contributed by atoms with Crippen molar-refractivity contribution in [1.82, 2.24) is 4.57 Å². The van der Waals surface area contributed by atoms with E-state index in [-0.39, 0.29) is 22.9 Å². The summed E-state index contributed by atoms with van der Waals surface area (Å²) in [4.78, 5) is 11.8. The van der Waals surface area contributed by atoms with Crippen molar-refractivity contribution in [2.24, 2.45) is 34.5 Å². The highest BCUT2D eigenvalue weighted by Crippen LogP contribution is 2.66. The number of nitrogens with zero attached hydrogens (tertiary/aromatic N) is 2. The van der Waals surface area contributed by atoms with E-state index in [4.69, 9.17) is 22.7 Å². The van der Waals surface area contributed by atoms with E-state index >= 15 is 0 Å². The molecule has 4 aliphatic carbocycles. The van der Waals surface area contributed by atoms with E-state index in [1.54, 1.807) is 6.92 Å². The molecule has 37 heavy (non-hydrogen) atoms. The van der Waals surface area contributed by atoms with Crippen LogP contribution in [0.5, 0.6) is 0 Å². The molecule has 1 heterocycles. The van der Waals surface area contributed by atoms with Gasteiger partial charge in [-0.1, -0.05) is 44.3 Å². The molecular formula is C31H37N3O2S. The van der Waals surface area contributed by atoms with Crippen LogP contribution in [0.4, 0.5) is 5.82 Å². The van der Waals surface area contributed by atoms with Crippen LogP contribution in [0.2, 0.25) is 0 Å². The highest BCUT2D eigenvalue weighted by atomic mass is 32.1. The summed E-state index contributed by atoms with van der Waals surface area (Å²) >= 11 is 6.12. The van der Waals surface area contributed by atoms with Crippen LogP contribution >= 0.6 is 12.2 Å². The Morgan fingerprint density at radius 3 is 2.51 bits per heavy atom. The number of anilines is 1. The molecule has 0 bridgehead atoms. The van der Waals surface area contributed by atoms with Gasteiger partial charge >= 0.3 is 5.97 Å². The monoisotopic (exact) mass is 515 g/mol. The zero-order valence-corrected chi connectivity index (χ0v) is 22.9. The van der Waals surface area contributed by atoms with E-state index in [9.17, 15) is 10.1 Å². The van der Waals surface area contributed by atoms with Crippen molar-refractivity contribution in [3.05, 3.63) is 51.7 Å². The molecule has 2 aromatic rings. The highest BCUT2D eigenvalue weighted by molar-refractivity contribution is 7.71. The molecule has 3 fully saturated rings. The second kappa shape index (κ2) is 8.70. The van der Waals surface area contributed by atoms with Crippen molar-refractivity contribution < 1.29 is 9.53 Å². The van der Waals surface area contributed by atoms with Gasteiger partial charge in [-0.15, -0.1) is 0 Å². The van der Waals surface area contributed by atoms with Crippen LogP contribution in [0.25, 0.3) is 5.69 Å². The van der Waals surface area contributed by atoms with Crippen molar-refractivity contribution in [1.29, 1.82) is 5.26 Å². The number of esters is 1. The number of nitriles is 1. The average molecular weight is 516 g/mol. The molecular weight excluding hydrogens is 478 g/mol. The fourth-order valence-corrected chi connectivity index (χ4v) is 9.67. The van der Waals surface area contributed by atoms with E-state index in [2.05, 4.69) is 19.9 Å². The van der Waals surface area contributed by atoms with E-state index < -0.39 is 0 Å². The SMILES string of the molecule is CC(=O)O[C@H]1CC[C@H]2[C@@H]3CC[C@H]4Cc5c(C#N)c(N)n(-c6ccccc6)c(=S)c5C[C@]4(C)[C@H]3CC[C@]12C. The third-order valence-corrected chi connectivity index (χ3v) is 11.5. The predicted molar refractivity (Wildman–Crippen MR) is 147 cm³/mol. The standard InChI is InChI=1S/C31H37N3O2S/c1-18(35)36-27-12-11-25-21-10-9-19-15-22-23(16-31(19,3)26(21)13-14-30(25,27)2)29(37)34(28(33)24(22)17-32)20-7-5-4-6-8-20/h4-8,19,21,25-27H,9-16,33H2,1-3H3/t19-,21-,25-,26-,27-,30-,31-/m0/s1. The van der Waals surface area contributed by atoms with Gasteiger partial charge in [0.2, 0.25) is 0 Å². The number of nitrogens with two attached hydrogens (primary N) is 1. The Balaban J connectivity index is 1.40. The molecule has 6 rings (SSSR count). The van der Waals surface area contributed by atoms with Gasteiger partial charge in [-0.3, -0.25) is 9.36 Å². The van der Waals surface area contributed by atoms with E-state index in [0.29, 0.717) is 35.1 Å². The highest BCUT2D eigenvalue weighted by Gasteiger charge is 2.61. The van der Waals surface area contributed by atoms with Gasteiger partial charge in [0.1, 0.15) is 22.6 Å². The number of fused-ring (bicyclic) bond motifs is 6. The van der Waals surface area contributed by atoms with Crippen molar-refractivity contribution in [3.63, 3.8) is 0 Å². The lowest BCUT2D eigenvalue weighted by Crippen LogP contribution is -2.55. The maximum Gasteiger partial charge on any atom is 0.302 e. The van der Waals surface area contributed by atoms with E-state index in [1.807, 2.05) is 34.9 Å². The van der Waals surface area contributed by atoms with Gasteiger partial charge in [-0.05, 0) is 104 Å². The fraction of sp³-hybridized carbons (Fsp3) is 0.581. The minimum absolute atomic E-state index is 0.0544. The molecule has 0 saturated heterocycles. The normalized spacial score (nSPS) is 35.9. The molecule has 3 saturated carbocycles. The van der Waals surface area contributed by atoms with Crippen LogP contribution in [0.1, 0.15) is 76.0 Å². The zero-order valence-electron chi connectivity index (χ0n) is 22.1. The fourth-order valence-electron chi connectivity index (χ4n) is 9.28. The van der Waals surface area contributed by atoms with Crippen molar-refractivity contribution in [2.45, 2.75) is 78.2 Å². The maximum absolute atomic E-state index is 11.8. The Kier molecular flexibility index (Phi) is 5.80. The summed E-state index contributed by atoms with van der Waals surface area (Å²) in [7, 11) is 0. The second-order valence-electron chi connectivity index (χ2n) is 12.6. The van der Waals surface area contributed by atoms with Crippen molar-refractivity contribution >= 4 is 24.0 Å². The van der Waals surface area contributed by atoms with Crippen molar-refractivity contribution in [3.8, 4) is 11.8 Å². The largest absolute Gasteiger partial charge is 0.462 e. The number of para-hydroxylation sites is 1. The molecule has 194 valence electrons. The molecule has 0 radical (unpaired) electrons. The third kappa shape index (κ3) is 3.53. The van der Waals surface area contributed by atoms with Crippen LogP contribution in [0.15, 0.2) is 30.3 Å². The zero-order chi connectivity index (χ0) is 26.1. The lowest BCUT2D eigenvalue weighted by atomic mass is 9.45. The molecule has 0 unspecified atom stereocenters. The minimum Gasteiger partial charge on any atom is -0.462 e. The number of ether oxygens (including phenoxy) is 1. The van der Waals surface area contributed by atoms with Gasteiger partial charge < -0.3 is 10.5 Å². The molecule has 5 nitrogen and oxygen atoms in total. The summed E-state index contributed by atoms with van der Waals surface area (Å²) in [5, 5.41) is 10.2. The first kappa shape index (κ1) is 24.7. The molecule has 0 spiro atoms. The summed E-state index contributed by atoms with van der Waals surface area (Å²) in [5.41, 5.74) is 10.6. The first-order valence-corrected chi connectivity index (χ1v) is 14.3. The molecule has 0 aliphatic heterocycles. The first-order chi connectivity index (χ1) is 17.7. The average Bonchev–Trinajstić information content (AvgIpc) is 3.20. The number of nitrogen functional groups attached to an aromatic ring is 1. The number of pyridine rings is 1. The van der Waals surface area contributed by atoms with Gasteiger partial charge in [-0.25, -0.2) is 0 Å². The van der Waals surface area contributed by atoms with Crippen LogP contribution in [-0.4, -0.2) is 16.6 Å². The Bertz CT molecular complexity index is 1360. The van der Waals surface area contributed by atoms with Crippen LogP contribution < -0.4 is 5.73 Å². The quantitative estimate of drug-likeness (QED) is 0.362. The van der Waals surface area contributed by atoms with E-state index in [0.717, 1.165) is 53.6 Å². The van der Waals surface area contributed by atoms with Gasteiger partial charge in [-0.2, -0.15) is 5.26 Å². The van der Waals surface area contributed by atoms with Gasteiger partial charge in [0.25, 0.3) is 0 Å². The first-order valence-electron chi connectivity index (χ1n) is 13.9. The summed E-state index contributed by atoms with van der Waals surface area (Å²) in [6.45, 7) is 6.43. The van der Waals surface area contributed by atoms with E-state index in [1.165, 1.54) is 19.3 Å². The Labute approximate surface area is 225 Å². The number of carbonyl (C=O) groups excluding carboxylic acids is 1. The lowest BCUT2D eigenvalue weighted by molar-refractivity contribution is -0.160. The topological polar surface area (TPSA) is 81.0 Å². The smallest absolute Gasteiger partial charge is 0.302 e. The number of rotatable bonds is 2. The molecule has 1 aromatic heterocycles. The Morgan fingerprint density at radius 2 is 1.81 bits per heavy atom. The maximum atomic E-state index is 11.8. The van der Waals surface area contributed by atoms with Crippen LogP contribution in [0.3, 0.4) is 0 Å². The second-order valence-corrected chi connectivity index (χ2v) is 12.9. The molecule has 7 atom stereocenters. The van der Waals surface area contributed by atoms with Crippen molar-refractivity contribution in [2.75, 3.05) is 5.73 Å². The summed E-state index contributed by atoms with van der Waals surface area (Å²) < 4.78 is 8.52. The Hall–Kier alpha value is -2.65. The molecule has 2 N–H and O–H groups in total. The van der Waals surface area contributed by atoms with Gasteiger partial charge in [0, 0.05) is 18.0 Å². The molecule has 6 heteroatoms. The molecule has 4 aliphatic rings. The van der Waals surface area contributed by atoms with Crippen LogP contribution in [-0.2, 0) is 22.4 Å². The summed E-state index contributed by atoms with van der Waals surface area (Å²) in [6, 6.07) is 12.4. The lowest BCUT2D eigenvalue weighted by Gasteiger charge is -2.60. The third-order valence-electron chi connectivity index (χ3n) is 11.0. The Morgan fingerprint density at radius 1 is 1.08 bits per heavy atom. The number of hydrogen-bond donors (Lipinski definition) is 1. The number of aromatic nitrogens is 1.